The van der Waals surface area contributed by atoms with E-state index in [-0.39, 0.29) is 5.82 Å². The first-order chi connectivity index (χ1) is 8.20. The summed E-state index contributed by atoms with van der Waals surface area (Å²) in [4.78, 5) is 10.2. The topological polar surface area (TPSA) is 41.1 Å². The molecule has 1 aliphatic heterocycles. The van der Waals surface area contributed by atoms with Gasteiger partial charge in [0.05, 0.1) is 6.20 Å². The molecule has 0 bridgehead atoms. The van der Waals surface area contributed by atoms with Crippen molar-refractivity contribution in [2.75, 3.05) is 29.9 Å². The van der Waals surface area contributed by atoms with Gasteiger partial charge in [-0.3, -0.25) is 0 Å². The van der Waals surface area contributed by atoms with Gasteiger partial charge in [-0.25, -0.2) is 9.37 Å². The van der Waals surface area contributed by atoms with E-state index >= 15 is 0 Å². The second kappa shape index (κ2) is 5.29. The predicted octanol–water partition coefficient (Wildman–Crippen LogP) is 2.28. The molecule has 1 saturated heterocycles. The maximum atomic E-state index is 13.7. The first-order valence-corrected chi connectivity index (χ1v) is 6.22. The minimum Gasteiger partial charge on any atom is -0.354 e. The van der Waals surface area contributed by atoms with Gasteiger partial charge in [0.1, 0.15) is 0 Å². The molecule has 1 N–H and O–H groups in total. The molecular formula is C12H19FN4. The van der Waals surface area contributed by atoms with Gasteiger partial charge < -0.3 is 10.2 Å². The molecule has 0 radical (unpaired) electrons. The number of halogens is 1. The van der Waals surface area contributed by atoms with Crippen LogP contribution < -0.4 is 10.2 Å². The van der Waals surface area contributed by atoms with Gasteiger partial charge in [0, 0.05) is 19.6 Å². The number of nitrogens with zero attached hydrogens (tertiary/aromatic N) is 3. The zero-order chi connectivity index (χ0) is 12.3. The third-order valence-corrected chi connectivity index (χ3v) is 3.14. The van der Waals surface area contributed by atoms with Gasteiger partial charge in [-0.15, -0.1) is 0 Å². The Kier molecular flexibility index (Phi) is 3.76. The minimum atomic E-state index is -0.332. The highest BCUT2D eigenvalue weighted by Crippen LogP contribution is 2.23. The smallest absolute Gasteiger partial charge is 0.224 e. The molecule has 0 aromatic carbocycles. The third-order valence-electron chi connectivity index (χ3n) is 3.14. The van der Waals surface area contributed by atoms with Crippen molar-refractivity contribution in [3.63, 3.8) is 0 Å². The zero-order valence-corrected chi connectivity index (χ0v) is 10.4. The Bertz CT molecular complexity index is 375. The molecule has 0 amide bonds. The van der Waals surface area contributed by atoms with E-state index < -0.39 is 0 Å². The molecule has 0 spiro atoms. The highest BCUT2D eigenvalue weighted by atomic mass is 19.1. The molecule has 0 unspecified atom stereocenters. The van der Waals surface area contributed by atoms with Crippen LogP contribution in [0.3, 0.4) is 0 Å². The zero-order valence-electron chi connectivity index (χ0n) is 10.4. The molecular weight excluding hydrogens is 219 g/mol. The Morgan fingerprint density at radius 1 is 1.47 bits per heavy atom. The van der Waals surface area contributed by atoms with Crippen LogP contribution >= 0.6 is 0 Å². The van der Waals surface area contributed by atoms with Crippen LogP contribution in [0.15, 0.2) is 6.20 Å². The summed E-state index contributed by atoms with van der Waals surface area (Å²) >= 11 is 0. The molecule has 0 atom stereocenters. The summed E-state index contributed by atoms with van der Waals surface area (Å²) in [5.41, 5.74) is 0. The molecule has 4 nitrogen and oxygen atoms in total. The molecule has 94 valence electrons. The first kappa shape index (κ1) is 12.1. The average Bonchev–Trinajstić information content (AvgIpc) is 2.33. The van der Waals surface area contributed by atoms with E-state index in [0.29, 0.717) is 11.8 Å². The molecule has 5 heteroatoms. The fraction of sp³-hybridized carbons (Fsp3) is 0.667. The van der Waals surface area contributed by atoms with Crippen molar-refractivity contribution in [1.82, 2.24) is 9.97 Å². The van der Waals surface area contributed by atoms with E-state index in [0.717, 1.165) is 38.4 Å². The lowest BCUT2D eigenvalue weighted by atomic mass is 9.99. The second-order valence-electron chi connectivity index (χ2n) is 4.57. The van der Waals surface area contributed by atoms with Gasteiger partial charge in [-0.05, 0) is 25.7 Å². The molecule has 2 heterocycles. The maximum absolute atomic E-state index is 13.7. The van der Waals surface area contributed by atoms with Crippen molar-refractivity contribution >= 4 is 11.8 Å². The lowest BCUT2D eigenvalue weighted by molar-refractivity contribution is 0.432. The Labute approximate surface area is 101 Å². The van der Waals surface area contributed by atoms with Gasteiger partial charge in [0.15, 0.2) is 11.6 Å². The van der Waals surface area contributed by atoms with E-state index in [1.807, 2.05) is 11.8 Å². The van der Waals surface area contributed by atoms with Crippen LogP contribution in [-0.4, -0.2) is 29.6 Å². The van der Waals surface area contributed by atoms with Gasteiger partial charge in [-0.1, -0.05) is 6.92 Å². The van der Waals surface area contributed by atoms with Crippen LogP contribution in [0.2, 0.25) is 0 Å². The molecule has 1 aromatic rings. The van der Waals surface area contributed by atoms with Crippen LogP contribution in [0.5, 0.6) is 0 Å². The SMILES string of the molecule is CCNc1ncc(F)c(N2CCC(C)CC2)n1. The van der Waals surface area contributed by atoms with E-state index in [2.05, 4.69) is 22.2 Å². The third kappa shape index (κ3) is 2.84. The highest BCUT2D eigenvalue weighted by Gasteiger charge is 2.20. The Hall–Kier alpha value is -1.39. The normalized spacial score (nSPS) is 17.2. The summed E-state index contributed by atoms with van der Waals surface area (Å²) in [6.45, 7) is 6.69. The standard InChI is InChI=1S/C12H19FN4/c1-3-14-12-15-8-10(13)11(16-12)17-6-4-9(2)5-7-17/h8-9H,3-7H2,1-2H3,(H,14,15,16). The van der Waals surface area contributed by atoms with Crippen molar-refractivity contribution in [2.45, 2.75) is 26.7 Å². The number of aromatic nitrogens is 2. The van der Waals surface area contributed by atoms with E-state index in [9.17, 15) is 4.39 Å². The number of piperidine rings is 1. The molecule has 0 aliphatic carbocycles. The van der Waals surface area contributed by atoms with Crippen LogP contribution in [-0.2, 0) is 0 Å². The maximum Gasteiger partial charge on any atom is 0.224 e. The summed E-state index contributed by atoms with van der Waals surface area (Å²) in [5.74, 6) is 1.33. The Morgan fingerprint density at radius 2 is 2.18 bits per heavy atom. The molecule has 2 rings (SSSR count). The van der Waals surface area contributed by atoms with Gasteiger partial charge in [0.2, 0.25) is 5.95 Å². The van der Waals surface area contributed by atoms with Gasteiger partial charge in [-0.2, -0.15) is 4.98 Å². The molecule has 1 aliphatic rings. The lowest BCUT2D eigenvalue weighted by Crippen LogP contribution is -2.34. The Morgan fingerprint density at radius 3 is 2.82 bits per heavy atom. The average molecular weight is 238 g/mol. The van der Waals surface area contributed by atoms with Crippen LogP contribution in [0, 0.1) is 11.7 Å². The molecule has 1 aromatic heterocycles. The van der Waals surface area contributed by atoms with Gasteiger partial charge >= 0.3 is 0 Å². The summed E-state index contributed by atoms with van der Waals surface area (Å²) in [7, 11) is 0. The monoisotopic (exact) mass is 238 g/mol. The van der Waals surface area contributed by atoms with Crippen LogP contribution in [0.1, 0.15) is 26.7 Å². The Balaban J connectivity index is 2.15. The lowest BCUT2D eigenvalue weighted by Gasteiger charge is -2.31. The summed E-state index contributed by atoms with van der Waals surface area (Å²) in [6, 6.07) is 0. The molecule has 1 fully saturated rings. The van der Waals surface area contributed by atoms with Crippen molar-refractivity contribution in [3.05, 3.63) is 12.0 Å². The minimum absolute atomic E-state index is 0.332. The fourth-order valence-corrected chi connectivity index (χ4v) is 2.04. The number of anilines is 2. The fourth-order valence-electron chi connectivity index (χ4n) is 2.04. The van der Waals surface area contributed by atoms with Gasteiger partial charge in [0.25, 0.3) is 0 Å². The quantitative estimate of drug-likeness (QED) is 0.877. The van der Waals surface area contributed by atoms with Crippen molar-refractivity contribution in [3.8, 4) is 0 Å². The molecule has 17 heavy (non-hydrogen) atoms. The van der Waals surface area contributed by atoms with E-state index in [4.69, 9.17) is 0 Å². The first-order valence-electron chi connectivity index (χ1n) is 6.22. The predicted molar refractivity (Wildman–Crippen MR) is 66.8 cm³/mol. The second-order valence-corrected chi connectivity index (χ2v) is 4.57. The molecule has 0 saturated carbocycles. The van der Waals surface area contributed by atoms with Crippen LogP contribution in [0.4, 0.5) is 16.2 Å². The van der Waals surface area contributed by atoms with Crippen LogP contribution in [0.25, 0.3) is 0 Å². The summed E-state index contributed by atoms with van der Waals surface area (Å²) < 4.78 is 13.7. The van der Waals surface area contributed by atoms with Crippen molar-refractivity contribution in [1.29, 1.82) is 0 Å². The number of rotatable bonds is 3. The number of hydrogen-bond donors (Lipinski definition) is 1. The summed E-state index contributed by atoms with van der Waals surface area (Å²) in [5, 5.41) is 3.01. The van der Waals surface area contributed by atoms with E-state index in [1.54, 1.807) is 0 Å². The highest BCUT2D eigenvalue weighted by molar-refractivity contribution is 5.44. The summed E-state index contributed by atoms with van der Waals surface area (Å²) in [6.07, 6.45) is 3.44. The van der Waals surface area contributed by atoms with E-state index in [1.165, 1.54) is 6.20 Å². The largest absolute Gasteiger partial charge is 0.354 e. The van der Waals surface area contributed by atoms with Crippen molar-refractivity contribution < 1.29 is 4.39 Å². The number of nitrogens with one attached hydrogen (secondary N) is 1. The van der Waals surface area contributed by atoms with Crippen molar-refractivity contribution in [2.24, 2.45) is 5.92 Å². The number of hydrogen-bond acceptors (Lipinski definition) is 4.